The zero-order valence-electron chi connectivity index (χ0n) is 8.78. The molecule has 1 aliphatic heterocycles. The molecule has 0 radical (unpaired) electrons. The third kappa shape index (κ3) is 3.25. The van der Waals surface area contributed by atoms with E-state index in [0.29, 0.717) is 5.25 Å². The number of halogens is 1. The van der Waals surface area contributed by atoms with E-state index in [2.05, 4.69) is 22.6 Å². The summed E-state index contributed by atoms with van der Waals surface area (Å²) in [5, 5.41) is 0.845. The molecule has 0 N–H and O–H groups in total. The van der Waals surface area contributed by atoms with Gasteiger partial charge in [-0.05, 0) is 12.8 Å². The van der Waals surface area contributed by atoms with Crippen molar-refractivity contribution in [2.24, 2.45) is 0 Å². The first-order valence-electron chi connectivity index (χ1n) is 5.71. The van der Waals surface area contributed by atoms with Crippen molar-refractivity contribution in [2.45, 2.75) is 55.1 Å². The van der Waals surface area contributed by atoms with Gasteiger partial charge >= 0.3 is 5.97 Å². The van der Waals surface area contributed by atoms with Crippen molar-refractivity contribution in [2.75, 3.05) is 4.43 Å². The van der Waals surface area contributed by atoms with E-state index in [0.717, 1.165) is 10.8 Å². The molecule has 0 aromatic rings. The van der Waals surface area contributed by atoms with Gasteiger partial charge in [-0.3, -0.25) is 4.79 Å². The van der Waals surface area contributed by atoms with E-state index in [-0.39, 0.29) is 17.3 Å². The number of carbonyl (C=O) groups excluding carboxylic acids is 1. The largest absolute Gasteiger partial charge is 0.461 e. The van der Waals surface area contributed by atoms with Gasteiger partial charge in [-0.25, -0.2) is 0 Å². The lowest BCUT2D eigenvalue weighted by molar-refractivity contribution is -0.140. The third-order valence-corrected chi connectivity index (χ3v) is 5.66. The van der Waals surface area contributed by atoms with Crippen molar-refractivity contribution in [3.8, 4) is 0 Å². The van der Waals surface area contributed by atoms with Gasteiger partial charge in [-0.1, -0.05) is 41.9 Å². The van der Waals surface area contributed by atoms with Crippen LogP contribution in [0.5, 0.6) is 0 Å². The summed E-state index contributed by atoms with van der Waals surface area (Å²) < 4.78 is 6.23. The molecule has 0 aromatic heterocycles. The number of thioether (sulfide) groups is 1. The molecule has 2 atom stereocenters. The molecule has 15 heavy (non-hydrogen) atoms. The quantitative estimate of drug-likeness (QED) is 0.448. The number of hydrogen-bond donors (Lipinski definition) is 0. The number of esters is 1. The first kappa shape index (κ1) is 12.0. The van der Waals surface area contributed by atoms with E-state index in [4.69, 9.17) is 4.74 Å². The Kier molecular flexibility index (Phi) is 4.61. The molecule has 1 saturated carbocycles. The van der Waals surface area contributed by atoms with Crippen LogP contribution in [0.3, 0.4) is 0 Å². The average Bonchev–Trinajstić information content (AvgIpc) is 2.61. The van der Waals surface area contributed by atoms with Gasteiger partial charge < -0.3 is 4.74 Å². The van der Waals surface area contributed by atoms with Gasteiger partial charge in [0.1, 0.15) is 11.4 Å². The van der Waals surface area contributed by atoms with E-state index >= 15 is 0 Å². The molecule has 2 aliphatic rings. The van der Waals surface area contributed by atoms with Gasteiger partial charge in [0.05, 0.1) is 0 Å². The second-order valence-electron chi connectivity index (χ2n) is 4.33. The number of ether oxygens (including phenoxy) is 1. The SMILES string of the molecule is O=C1O[C@@H](CI)C[C@@H]1SC1CCCCC1. The van der Waals surface area contributed by atoms with E-state index in [1.165, 1.54) is 32.1 Å². The lowest BCUT2D eigenvalue weighted by Gasteiger charge is -2.22. The molecule has 0 unspecified atom stereocenters. The smallest absolute Gasteiger partial charge is 0.319 e. The van der Waals surface area contributed by atoms with E-state index in [1.807, 2.05) is 11.8 Å². The molecule has 0 bridgehead atoms. The summed E-state index contributed by atoms with van der Waals surface area (Å²) in [6, 6.07) is 0. The van der Waals surface area contributed by atoms with Crippen LogP contribution in [0.4, 0.5) is 0 Å². The van der Waals surface area contributed by atoms with Gasteiger partial charge in [0.2, 0.25) is 0 Å². The monoisotopic (exact) mass is 340 g/mol. The van der Waals surface area contributed by atoms with Gasteiger partial charge in [-0.2, -0.15) is 0 Å². The second kappa shape index (κ2) is 5.75. The molecule has 0 amide bonds. The number of carbonyl (C=O) groups is 1. The average molecular weight is 340 g/mol. The fourth-order valence-electron chi connectivity index (χ4n) is 2.26. The minimum absolute atomic E-state index is 0.0345. The van der Waals surface area contributed by atoms with Crippen molar-refractivity contribution in [3.05, 3.63) is 0 Å². The maximum absolute atomic E-state index is 11.6. The van der Waals surface area contributed by atoms with Crippen molar-refractivity contribution >= 4 is 40.3 Å². The van der Waals surface area contributed by atoms with Crippen LogP contribution in [0.1, 0.15) is 38.5 Å². The second-order valence-corrected chi connectivity index (χ2v) is 6.72. The topological polar surface area (TPSA) is 26.3 Å². The fraction of sp³-hybridized carbons (Fsp3) is 0.909. The Morgan fingerprint density at radius 1 is 1.33 bits per heavy atom. The van der Waals surface area contributed by atoms with Crippen LogP contribution in [0.15, 0.2) is 0 Å². The molecule has 1 aliphatic carbocycles. The molecule has 1 saturated heterocycles. The third-order valence-electron chi connectivity index (χ3n) is 3.10. The van der Waals surface area contributed by atoms with Gasteiger partial charge in [-0.15, -0.1) is 11.8 Å². The van der Waals surface area contributed by atoms with Crippen LogP contribution >= 0.6 is 34.4 Å². The highest BCUT2D eigenvalue weighted by Crippen LogP contribution is 2.36. The normalized spacial score (nSPS) is 33.0. The predicted octanol–water partition coefficient (Wildman–Crippen LogP) is 3.17. The van der Waals surface area contributed by atoms with Crippen LogP contribution in [0.25, 0.3) is 0 Å². The maximum Gasteiger partial charge on any atom is 0.319 e. The summed E-state index contributed by atoms with van der Waals surface area (Å²) in [5.41, 5.74) is 0. The summed E-state index contributed by atoms with van der Waals surface area (Å²) in [7, 11) is 0. The molecule has 86 valence electrons. The first-order chi connectivity index (χ1) is 7.29. The Bertz CT molecular complexity index is 229. The predicted molar refractivity (Wildman–Crippen MR) is 71.6 cm³/mol. The molecular weight excluding hydrogens is 323 g/mol. The Morgan fingerprint density at radius 2 is 2.07 bits per heavy atom. The molecule has 0 aromatic carbocycles. The molecule has 2 rings (SSSR count). The lowest BCUT2D eigenvalue weighted by Crippen LogP contribution is -2.17. The Morgan fingerprint density at radius 3 is 2.67 bits per heavy atom. The van der Waals surface area contributed by atoms with E-state index in [1.54, 1.807) is 0 Å². The van der Waals surface area contributed by atoms with E-state index < -0.39 is 0 Å². The molecule has 2 fully saturated rings. The highest BCUT2D eigenvalue weighted by Gasteiger charge is 2.35. The molecule has 0 spiro atoms. The van der Waals surface area contributed by atoms with Crippen LogP contribution in [-0.2, 0) is 9.53 Å². The number of hydrogen-bond acceptors (Lipinski definition) is 3. The first-order valence-corrected chi connectivity index (χ1v) is 8.18. The highest BCUT2D eigenvalue weighted by atomic mass is 127. The zero-order chi connectivity index (χ0) is 10.7. The van der Waals surface area contributed by atoms with Gasteiger partial charge in [0.15, 0.2) is 0 Å². The number of cyclic esters (lactones) is 1. The van der Waals surface area contributed by atoms with Gasteiger partial charge in [0.25, 0.3) is 0 Å². The van der Waals surface area contributed by atoms with Crippen molar-refractivity contribution in [1.29, 1.82) is 0 Å². The van der Waals surface area contributed by atoms with Crippen LogP contribution in [0, 0.1) is 0 Å². The van der Waals surface area contributed by atoms with Gasteiger partial charge in [0, 0.05) is 16.1 Å². The van der Waals surface area contributed by atoms with Crippen molar-refractivity contribution in [3.63, 3.8) is 0 Å². The zero-order valence-corrected chi connectivity index (χ0v) is 11.8. The Hall–Kier alpha value is 0.550. The summed E-state index contributed by atoms with van der Waals surface area (Å²) in [6.45, 7) is 0. The minimum atomic E-state index is 0.0345. The summed E-state index contributed by atoms with van der Waals surface area (Å²) >= 11 is 4.17. The summed E-state index contributed by atoms with van der Waals surface area (Å²) in [6.07, 6.45) is 7.77. The Labute approximate surface area is 109 Å². The maximum atomic E-state index is 11.6. The van der Waals surface area contributed by atoms with Crippen LogP contribution in [-0.4, -0.2) is 27.0 Å². The summed E-state index contributed by atoms with van der Waals surface area (Å²) in [5.74, 6) is 0.0345. The van der Waals surface area contributed by atoms with Crippen LogP contribution < -0.4 is 0 Å². The molecular formula is C11H17IO2S. The Balaban J connectivity index is 1.81. The molecule has 4 heteroatoms. The minimum Gasteiger partial charge on any atom is -0.461 e. The molecule has 1 heterocycles. The highest BCUT2D eigenvalue weighted by molar-refractivity contribution is 14.1. The number of rotatable bonds is 3. The number of alkyl halides is 1. The van der Waals surface area contributed by atoms with Crippen molar-refractivity contribution in [1.82, 2.24) is 0 Å². The standard InChI is InChI=1S/C11H17IO2S/c12-7-8-6-10(11(13)14-8)15-9-4-2-1-3-5-9/h8-10H,1-7H2/t8-,10+/m1/s1. The fourth-order valence-corrected chi connectivity index (χ4v) is 4.36. The summed E-state index contributed by atoms with van der Waals surface area (Å²) in [4.78, 5) is 11.6. The lowest BCUT2D eigenvalue weighted by atomic mass is 10.0. The molecule has 2 nitrogen and oxygen atoms in total. The van der Waals surface area contributed by atoms with E-state index in [9.17, 15) is 4.79 Å². The van der Waals surface area contributed by atoms with Crippen LogP contribution in [0.2, 0.25) is 0 Å². The van der Waals surface area contributed by atoms with Crippen molar-refractivity contribution < 1.29 is 9.53 Å².